The zero-order valence-electron chi connectivity index (χ0n) is 16.8. The molecule has 1 amide bonds. The molecular weight excluding hydrogens is 374 g/mol. The fraction of sp³-hybridized carbons (Fsp3) is 0.381. The van der Waals surface area contributed by atoms with Crippen LogP contribution in [0.5, 0.6) is 0 Å². The van der Waals surface area contributed by atoms with E-state index in [4.69, 9.17) is 0 Å². The van der Waals surface area contributed by atoms with Gasteiger partial charge in [0.15, 0.2) is 0 Å². The second-order valence-corrected chi connectivity index (χ2v) is 9.37. The van der Waals surface area contributed by atoms with Crippen molar-refractivity contribution in [2.75, 3.05) is 38.5 Å². The van der Waals surface area contributed by atoms with Gasteiger partial charge in [-0.05, 0) is 57.1 Å². The summed E-state index contributed by atoms with van der Waals surface area (Å²) in [6, 6.07) is 10.7. The van der Waals surface area contributed by atoms with Crippen molar-refractivity contribution < 1.29 is 13.2 Å². The summed E-state index contributed by atoms with van der Waals surface area (Å²) in [7, 11) is -1.61. The number of nitrogens with one attached hydrogen (secondary N) is 1. The molecule has 2 aromatic rings. The van der Waals surface area contributed by atoms with Crippen LogP contribution in [0.15, 0.2) is 41.3 Å². The van der Waals surface area contributed by atoms with Gasteiger partial charge in [0.1, 0.15) is 0 Å². The number of carbonyl (C=O) groups is 1. The summed E-state index contributed by atoms with van der Waals surface area (Å²) in [4.78, 5) is 15.0. The van der Waals surface area contributed by atoms with Crippen molar-refractivity contribution in [1.82, 2.24) is 9.21 Å². The number of nitrogens with zero attached hydrogens (tertiary/aromatic N) is 2. The Balaban J connectivity index is 1.86. The number of hydrogen-bond acceptors (Lipinski definition) is 4. The molecule has 150 valence electrons. The van der Waals surface area contributed by atoms with Gasteiger partial charge in [-0.3, -0.25) is 4.79 Å². The molecule has 1 N–H and O–H groups in total. The van der Waals surface area contributed by atoms with Gasteiger partial charge < -0.3 is 10.2 Å². The van der Waals surface area contributed by atoms with Crippen molar-refractivity contribution in [2.24, 2.45) is 0 Å². The second-order valence-electron chi connectivity index (χ2n) is 7.46. The van der Waals surface area contributed by atoms with E-state index in [1.165, 1.54) is 4.31 Å². The first-order chi connectivity index (χ1) is 13.2. The molecule has 0 unspecified atom stereocenters. The molecule has 1 heterocycles. The maximum atomic E-state index is 13.1. The van der Waals surface area contributed by atoms with E-state index in [0.29, 0.717) is 43.0 Å². The monoisotopic (exact) mass is 401 g/mol. The molecule has 1 saturated heterocycles. The zero-order valence-corrected chi connectivity index (χ0v) is 17.6. The quantitative estimate of drug-likeness (QED) is 0.855. The number of piperazine rings is 1. The van der Waals surface area contributed by atoms with Crippen molar-refractivity contribution >= 4 is 21.6 Å². The van der Waals surface area contributed by atoms with Crippen LogP contribution in [0.4, 0.5) is 5.69 Å². The first kappa shape index (κ1) is 20.5. The number of rotatable bonds is 4. The molecule has 6 nitrogen and oxygen atoms in total. The maximum Gasteiger partial charge on any atom is 0.255 e. The highest BCUT2D eigenvalue weighted by molar-refractivity contribution is 7.89. The van der Waals surface area contributed by atoms with E-state index in [9.17, 15) is 13.2 Å². The molecule has 1 aliphatic heterocycles. The average Bonchev–Trinajstić information content (AvgIpc) is 2.63. The fourth-order valence-electron chi connectivity index (χ4n) is 3.39. The number of benzene rings is 2. The predicted octanol–water partition coefficient (Wildman–Crippen LogP) is 2.80. The molecule has 0 atom stereocenters. The third kappa shape index (κ3) is 4.27. The van der Waals surface area contributed by atoms with Crippen molar-refractivity contribution in [1.29, 1.82) is 0 Å². The minimum atomic E-state index is -3.60. The van der Waals surface area contributed by atoms with Gasteiger partial charge in [-0.15, -0.1) is 0 Å². The first-order valence-corrected chi connectivity index (χ1v) is 10.8. The van der Waals surface area contributed by atoms with Crippen LogP contribution in [-0.4, -0.2) is 56.8 Å². The van der Waals surface area contributed by atoms with Crippen LogP contribution in [0.3, 0.4) is 0 Å². The predicted molar refractivity (Wildman–Crippen MR) is 111 cm³/mol. The number of hydrogen-bond donors (Lipinski definition) is 1. The summed E-state index contributed by atoms with van der Waals surface area (Å²) in [5, 5.41) is 2.84. The van der Waals surface area contributed by atoms with Gasteiger partial charge in [0.25, 0.3) is 5.91 Å². The molecule has 0 radical (unpaired) electrons. The topological polar surface area (TPSA) is 69.7 Å². The third-order valence-corrected chi connectivity index (χ3v) is 7.19. The zero-order chi connectivity index (χ0) is 20.5. The number of anilines is 1. The van der Waals surface area contributed by atoms with Gasteiger partial charge >= 0.3 is 0 Å². The Labute approximate surface area is 167 Å². The Bertz CT molecular complexity index is 994. The molecule has 0 aliphatic carbocycles. The van der Waals surface area contributed by atoms with Crippen LogP contribution >= 0.6 is 0 Å². The molecule has 7 heteroatoms. The second kappa shape index (κ2) is 8.03. The van der Waals surface area contributed by atoms with Crippen LogP contribution < -0.4 is 5.32 Å². The molecule has 28 heavy (non-hydrogen) atoms. The SMILES string of the molecule is Cc1ccc(C(=O)Nc2ccc(C)c(S(=O)(=O)N3CCN(C)CC3)c2)c(C)c1. The lowest BCUT2D eigenvalue weighted by Crippen LogP contribution is -2.47. The number of likely N-dealkylation sites (N-methyl/N-ethyl adjacent to an activating group) is 1. The molecule has 0 aromatic heterocycles. The summed E-state index contributed by atoms with van der Waals surface area (Å²) < 4.78 is 27.7. The Kier molecular flexibility index (Phi) is 5.88. The molecule has 1 aliphatic rings. The standard InChI is InChI=1S/C21H27N3O3S/c1-15-5-8-19(17(3)13-15)21(25)22-18-7-6-16(2)20(14-18)28(26,27)24-11-9-23(4)10-12-24/h5-8,13-14H,9-12H2,1-4H3,(H,22,25). The first-order valence-electron chi connectivity index (χ1n) is 9.36. The normalized spacial score (nSPS) is 16.1. The Morgan fingerprint density at radius 3 is 2.25 bits per heavy atom. The smallest absolute Gasteiger partial charge is 0.255 e. The minimum absolute atomic E-state index is 0.246. The highest BCUT2D eigenvalue weighted by atomic mass is 32.2. The van der Waals surface area contributed by atoms with Crippen LogP contribution in [0.1, 0.15) is 27.0 Å². The van der Waals surface area contributed by atoms with E-state index >= 15 is 0 Å². The summed E-state index contributed by atoms with van der Waals surface area (Å²) in [5.41, 5.74) is 3.70. The highest BCUT2D eigenvalue weighted by Crippen LogP contribution is 2.25. The van der Waals surface area contributed by atoms with Gasteiger partial charge in [0.05, 0.1) is 4.90 Å². The summed E-state index contributed by atoms with van der Waals surface area (Å²) >= 11 is 0. The van der Waals surface area contributed by atoms with Gasteiger partial charge in [-0.2, -0.15) is 4.31 Å². The Morgan fingerprint density at radius 2 is 1.61 bits per heavy atom. The number of sulfonamides is 1. The van der Waals surface area contributed by atoms with Crippen molar-refractivity contribution in [2.45, 2.75) is 25.7 Å². The van der Waals surface area contributed by atoms with Crippen LogP contribution in [-0.2, 0) is 10.0 Å². The summed E-state index contributed by atoms with van der Waals surface area (Å²) in [5.74, 6) is -0.246. The van der Waals surface area contributed by atoms with E-state index in [-0.39, 0.29) is 10.8 Å². The lowest BCUT2D eigenvalue weighted by Gasteiger charge is -2.32. The molecule has 3 rings (SSSR count). The molecule has 0 spiro atoms. The van der Waals surface area contributed by atoms with E-state index in [1.807, 2.05) is 33.0 Å². The van der Waals surface area contributed by atoms with Crippen molar-refractivity contribution in [3.8, 4) is 0 Å². The number of carbonyl (C=O) groups excluding carboxylic acids is 1. The average molecular weight is 402 g/mol. The summed E-state index contributed by atoms with van der Waals surface area (Å²) in [6.07, 6.45) is 0. The maximum absolute atomic E-state index is 13.1. The lowest BCUT2D eigenvalue weighted by molar-refractivity contribution is 0.102. The Morgan fingerprint density at radius 1 is 0.929 bits per heavy atom. The van der Waals surface area contributed by atoms with Gasteiger partial charge in [0, 0.05) is 37.4 Å². The van der Waals surface area contributed by atoms with Crippen LogP contribution in [0.25, 0.3) is 0 Å². The van der Waals surface area contributed by atoms with E-state index in [1.54, 1.807) is 31.2 Å². The van der Waals surface area contributed by atoms with Gasteiger partial charge in [0.2, 0.25) is 10.0 Å². The number of amides is 1. The lowest BCUT2D eigenvalue weighted by atomic mass is 10.1. The Hall–Kier alpha value is -2.22. The largest absolute Gasteiger partial charge is 0.322 e. The molecular formula is C21H27N3O3S. The van der Waals surface area contributed by atoms with E-state index < -0.39 is 10.0 Å². The number of aryl methyl sites for hydroxylation is 3. The molecule has 1 fully saturated rings. The van der Waals surface area contributed by atoms with Gasteiger partial charge in [-0.1, -0.05) is 23.8 Å². The van der Waals surface area contributed by atoms with E-state index in [2.05, 4.69) is 10.2 Å². The minimum Gasteiger partial charge on any atom is -0.322 e. The fourth-order valence-corrected chi connectivity index (χ4v) is 5.06. The molecule has 2 aromatic carbocycles. The van der Waals surface area contributed by atoms with Crippen molar-refractivity contribution in [3.05, 3.63) is 58.7 Å². The third-order valence-electron chi connectivity index (χ3n) is 5.15. The molecule has 0 saturated carbocycles. The summed E-state index contributed by atoms with van der Waals surface area (Å²) in [6.45, 7) is 8.00. The van der Waals surface area contributed by atoms with E-state index in [0.717, 1.165) is 11.1 Å². The molecule has 0 bridgehead atoms. The van der Waals surface area contributed by atoms with Crippen molar-refractivity contribution in [3.63, 3.8) is 0 Å². The van der Waals surface area contributed by atoms with Crippen LogP contribution in [0.2, 0.25) is 0 Å². The highest BCUT2D eigenvalue weighted by Gasteiger charge is 2.29. The van der Waals surface area contributed by atoms with Crippen LogP contribution in [0, 0.1) is 20.8 Å². The van der Waals surface area contributed by atoms with Gasteiger partial charge in [-0.25, -0.2) is 8.42 Å².